The molecular weight excluding hydrogens is 292 g/mol. The maximum atomic E-state index is 11.8. The number of rotatable bonds is 6. The number of likely N-dealkylation sites (tertiary alicyclic amines) is 1. The van der Waals surface area contributed by atoms with Crippen molar-refractivity contribution in [3.63, 3.8) is 0 Å². The van der Waals surface area contributed by atoms with Crippen LogP contribution in [0.25, 0.3) is 0 Å². The zero-order chi connectivity index (χ0) is 16.7. The maximum absolute atomic E-state index is 11.8. The van der Waals surface area contributed by atoms with Gasteiger partial charge in [0.2, 0.25) is 5.91 Å². The predicted molar refractivity (Wildman–Crippen MR) is 90.0 cm³/mol. The highest BCUT2D eigenvalue weighted by molar-refractivity contribution is 5.74. The summed E-state index contributed by atoms with van der Waals surface area (Å²) in [6.45, 7) is 6.35. The van der Waals surface area contributed by atoms with Gasteiger partial charge >= 0.3 is 5.97 Å². The number of nitrogens with zero attached hydrogens (tertiary/aromatic N) is 1. The number of amides is 1. The van der Waals surface area contributed by atoms with Gasteiger partial charge in [0.25, 0.3) is 0 Å². The van der Waals surface area contributed by atoms with E-state index in [-0.39, 0.29) is 17.8 Å². The summed E-state index contributed by atoms with van der Waals surface area (Å²) < 4.78 is 5.07. The van der Waals surface area contributed by atoms with E-state index in [1.807, 2.05) is 11.8 Å². The molecule has 2 fully saturated rings. The van der Waals surface area contributed by atoms with E-state index in [1.165, 1.54) is 32.1 Å². The van der Waals surface area contributed by atoms with Gasteiger partial charge in [-0.1, -0.05) is 19.3 Å². The Labute approximate surface area is 140 Å². The average molecular weight is 324 g/mol. The number of carbonyl (C=O) groups excluding carboxylic acids is 2. The van der Waals surface area contributed by atoms with Gasteiger partial charge in [0.1, 0.15) is 0 Å². The number of hydrogen-bond acceptors (Lipinski definition) is 4. The van der Waals surface area contributed by atoms with Crippen LogP contribution in [0, 0.1) is 11.8 Å². The number of ether oxygens (including phenoxy) is 1. The van der Waals surface area contributed by atoms with E-state index in [1.54, 1.807) is 6.92 Å². The maximum Gasteiger partial charge on any atom is 0.306 e. The Morgan fingerprint density at radius 1 is 1.13 bits per heavy atom. The second-order valence-corrected chi connectivity index (χ2v) is 7.14. The van der Waals surface area contributed by atoms with Gasteiger partial charge in [-0.25, -0.2) is 0 Å². The average Bonchev–Trinajstić information content (AvgIpc) is 2.54. The van der Waals surface area contributed by atoms with Crippen LogP contribution in [0.1, 0.15) is 58.8 Å². The molecule has 1 amide bonds. The van der Waals surface area contributed by atoms with Crippen molar-refractivity contribution in [3.05, 3.63) is 0 Å². The van der Waals surface area contributed by atoms with Gasteiger partial charge in [-0.15, -0.1) is 0 Å². The molecule has 0 aromatic carbocycles. The molecule has 1 saturated heterocycles. The fourth-order valence-electron chi connectivity index (χ4n) is 3.94. The molecule has 1 N–H and O–H groups in total. The standard InChI is InChI=1S/C18H32N2O3/c1-3-23-18(22)10-16-9-17(13-20(12-16)14(2)21)19-11-15-7-5-4-6-8-15/h15-17,19H,3-13H2,1-2H3. The van der Waals surface area contributed by atoms with Crippen LogP contribution in [0.5, 0.6) is 0 Å². The number of nitrogens with one attached hydrogen (secondary N) is 1. The van der Waals surface area contributed by atoms with Crippen molar-refractivity contribution in [1.29, 1.82) is 0 Å². The van der Waals surface area contributed by atoms with Gasteiger partial charge in [-0.2, -0.15) is 0 Å². The topological polar surface area (TPSA) is 58.6 Å². The minimum Gasteiger partial charge on any atom is -0.466 e. The second kappa shape index (κ2) is 9.26. The first kappa shape index (κ1) is 18.2. The van der Waals surface area contributed by atoms with Gasteiger partial charge in [-0.05, 0) is 44.6 Å². The van der Waals surface area contributed by atoms with Crippen LogP contribution in [0.4, 0.5) is 0 Å². The summed E-state index contributed by atoms with van der Waals surface area (Å²) in [5, 5.41) is 3.67. The van der Waals surface area contributed by atoms with Crippen LogP contribution in [-0.2, 0) is 14.3 Å². The van der Waals surface area contributed by atoms with E-state index in [0.717, 1.165) is 25.4 Å². The first-order valence-electron chi connectivity index (χ1n) is 9.23. The number of carbonyl (C=O) groups is 2. The molecule has 1 heterocycles. The highest BCUT2D eigenvalue weighted by atomic mass is 16.5. The normalized spacial score (nSPS) is 26.1. The lowest BCUT2D eigenvalue weighted by atomic mass is 9.88. The third-order valence-corrected chi connectivity index (χ3v) is 5.16. The molecule has 1 aliphatic carbocycles. The molecule has 2 aliphatic rings. The Morgan fingerprint density at radius 2 is 1.87 bits per heavy atom. The van der Waals surface area contributed by atoms with Crippen molar-refractivity contribution < 1.29 is 14.3 Å². The first-order valence-corrected chi connectivity index (χ1v) is 9.23. The molecule has 0 aromatic heterocycles. The SMILES string of the molecule is CCOC(=O)CC1CC(NCC2CCCCC2)CN(C(C)=O)C1. The van der Waals surface area contributed by atoms with E-state index in [9.17, 15) is 9.59 Å². The zero-order valence-corrected chi connectivity index (χ0v) is 14.7. The highest BCUT2D eigenvalue weighted by Crippen LogP contribution is 2.25. The third-order valence-electron chi connectivity index (χ3n) is 5.16. The largest absolute Gasteiger partial charge is 0.466 e. The van der Waals surface area contributed by atoms with Crippen molar-refractivity contribution in [2.45, 2.75) is 64.8 Å². The Morgan fingerprint density at radius 3 is 2.52 bits per heavy atom. The third kappa shape index (κ3) is 6.13. The van der Waals surface area contributed by atoms with Gasteiger partial charge in [-0.3, -0.25) is 9.59 Å². The van der Waals surface area contributed by atoms with Crippen LogP contribution >= 0.6 is 0 Å². The fraction of sp³-hybridized carbons (Fsp3) is 0.889. The number of esters is 1. The Bertz CT molecular complexity index is 394. The van der Waals surface area contributed by atoms with Crippen LogP contribution in [0.15, 0.2) is 0 Å². The van der Waals surface area contributed by atoms with Crippen LogP contribution in [0.2, 0.25) is 0 Å². The molecule has 2 atom stereocenters. The predicted octanol–water partition coefficient (Wildman–Crippen LogP) is 2.35. The molecule has 0 spiro atoms. The van der Waals surface area contributed by atoms with Crippen molar-refractivity contribution in [2.75, 3.05) is 26.2 Å². The van der Waals surface area contributed by atoms with Crippen LogP contribution in [-0.4, -0.2) is 49.1 Å². The van der Waals surface area contributed by atoms with Gasteiger partial charge in [0.05, 0.1) is 13.0 Å². The van der Waals surface area contributed by atoms with Crippen molar-refractivity contribution in [3.8, 4) is 0 Å². The molecule has 5 nitrogen and oxygen atoms in total. The van der Waals surface area contributed by atoms with Crippen LogP contribution in [0.3, 0.4) is 0 Å². The summed E-state index contributed by atoms with van der Waals surface area (Å²) in [7, 11) is 0. The van der Waals surface area contributed by atoms with E-state index >= 15 is 0 Å². The molecule has 0 aromatic rings. The van der Waals surface area contributed by atoms with Gasteiger partial charge in [0.15, 0.2) is 0 Å². The number of piperidine rings is 1. The lowest BCUT2D eigenvalue weighted by molar-refractivity contribution is -0.145. The molecule has 1 saturated carbocycles. The van der Waals surface area contributed by atoms with E-state index in [0.29, 0.717) is 25.6 Å². The summed E-state index contributed by atoms with van der Waals surface area (Å²) in [6.07, 6.45) is 8.09. The second-order valence-electron chi connectivity index (χ2n) is 7.14. The Kier molecular flexibility index (Phi) is 7.34. The molecule has 5 heteroatoms. The minimum absolute atomic E-state index is 0.100. The molecule has 2 unspecified atom stereocenters. The van der Waals surface area contributed by atoms with Crippen molar-refractivity contribution in [1.82, 2.24) is 10.2 Å². The quantitative estimate of drug-likeness (QED) is 0.762. The lowest BCUT2D eigenvalue weighted by Crippen LogP contribution is -2.52. The monoisotopic (exact) mass is 324 g/mol. The fourth-order valence-corrected chi connectivity index (χ4v) is 3.94. The smallest absolute Gasteiger partial charge is 0.306 e. The Balaban J connectivity index is 1.84. The summed E-state index contributed by atoms with van der Waals surface area (Å²) in [4.78, 5) is 25.4. The van der Waals surface area contributed by atoms with Crippen molar-refractivity contribution in [2.24, 2.45) is 11.8 Å². The first-order chi connectivity index (χ1) is 11.1. The summed E-state index contributed by atoms with van der Waals surface area (Å²) in [6, 6.07) is 0.300. The van der Waals surface area contributed by atoms with Crippen molar-refractivity contribution >= 4 is 11.9 Å². The zero-order valence-electron chi connectivity index (χ0n) is 14.7. The Hall–Kier alpha value is -1.10. The summed E-state index contributed by atoms with van der Waals surface area (Å²) in [5.41, 5.74) is 0. The molecule has 0 bridgehead atoms. The van der Waals surface area contributed by atoms with E-state index < -0.39 is 0 Å². The highest BCUT2D eigenvalue weighted by Gasteiger charge is 2.30. The van der Waals surface area contributed by atoms with E-state index in [4.69, 9.17) is 4.74 Å². The van der Waals surface area contributed by atoms with Gasteiger partial charge < -0.3 is 15.0 Å². The summed E-state index contributed by atoms with van der Waals surface area (Å²) >= 11 is 0. The van der Waals surface area contributed by atoms with E-state index in [2.05, 4.69) is 5.32 Å². The molecule has 0 radical (unpaired) electrons. The van der Waals surface area contributed by atoms with Gasteiger partial charge in [0, 0.05) is 26.1 Å². The summed E-state index contributed by atoms with van der Waals surface area (Å²) in [5.74, 6) is 0.937. The lowest BCUT2D eigenvalue weighted by Gasteiger charge is -2.38. The van der Waals surface area contributed by atoms with Crippen LogP contribution < -0.4 is 5.32 Å². The molecule has 2 rings (SSSR count). The molecular formula is C18H32N2O3. The molecule has 23 heavy (non-hydrogen) atoms. The minimum atomic E-state index is -0.145. The molecule has 132 valence electrons. The number of hydrogen-bond donors (Lipinski definition) is 1. The molecule has 1 aliphatic heterocycles.